The highest BCUT2D eigenvalue weighted by Gasteiger charge is 2.28. The lowest BCUT2D eigenvalue weighted by Gasteiger charge is -2.25. The summed E-state index contributed by atoms with van der Waals surface area (Å²) in [5.74, 6) is -1.09. The Morgan fingerprint density at radius 2 is 1.79 bits per heavy atom. The summed E-state index contributed by atoms with van der Waals surface area (Å²) in [7, 11) is 1.37. The number of amides is 2. The molecule has 1 aliphatic rings. The Morgan fingerprint density at radius 3 is 2.45 bits per heavy atom. The molecule has 0 saturated heterocycles. The van der Waals surface area contributed by atoms with Gasteiger partial charge in [-0.3, -0.25) is 14.4 Å². The number of benzene rings is 1. The number of ketones is 1. The number of hydrogen-bond donors (Lipinski definition) is 2. The molecule has 0 radical (unpaired) electrons. The summed E-state index contributed by atoms with van der Waals surface area (Å²) in [5.41, 5.74) is 10.7. The number of fused-ring (bicyclic) bond motifs is 1. The van der Waals surface area contributed by atoms with Gasteiger partial charge in [-0.15, -0.1) is 0 Å². The first kappa shape index (κ1) is 22.0. The zero-order valence-electron chi connectivity index (χ0n) is 16.2. The van der Waals surface area contributed by atoms with Crippen LogP contribution in [0.15, 0.2) is 18.2 Å². The molecule has 158 valence electrons. The first-order chi connectivity index (χ1) is 13.6. The average Bonchev–Trinajstić information content (AvgIpc) is 3.13. The van der Waals surface area contributed by atoms with Crippen molar-refractivity contribution in [1.29, 1.82) is 0 Å². The van der Waals surface area contributed by atoms with Gasteiger partial charge in [-0.2, -0.15) is 0 Å². The SMILES string of the molecule is CC(OC(=O)C(N)CC(N)=O)OC(=O)N(C)C(C)C(=O)c1ccc2c(c1)OCO2. The Balaban J connectivity index is 1.92. The van der Waals surface area contributed by atoms with Crippen molar-refractivity contribution in [3.8, 4) is 11.5 Å². The summed E-state index contributed by atoms with van der Waals surface area (Å²) in [4.78, 5) is 48.5. The van der Waals surface area contributed by atoms with E-state index >= 15 is 0 Å². The number of likely N-dealkylation sites (N-methyl/N-ethyl adjacent to an activating group) is 1. The van der Waals surface area contributed by atoms with Crippen molar-refractivity contribution in [2.24, 2.45) is 11.5 Å². The van der Waals surface area contributed by atoms with Crippen LogP contribution in [0.1, 0.15) is 30.6 Å². The summed E-state index contributed by atoms with van der Waals surface area (Å²) < 4.78 is 20.3. The van der Waals surface area contributed by atoms with Crippen molar-refractivity contribution in [2.75, 3.05) is 13.8 Å². The number of carbonyl (C=O) groups excluding carboxylic acids is 4. The summed E-state index contributed by atoms with van der Waals surface area (Å²) in [6, 6.07) is 2.57. The van der Waals surface area contributed by atoms with Gasteiger partial charge in [-0.25, -0.2) is 4.79 Å². The molecule has 2 rings (SSSR count). The maximum absolute atomic E-state index is 12.7. The number of nitrogens with two attached hydrogens (primary N) is 2. The van der Waals surface area contributed by atoms with E-state index in [9.17, 15) is 19.2 Å². The van der Waals surface area contributed by atoms with Gasteiger partial charge in [0.1, 0.15) is 6.04 Å². The van der Waals surface area contributed by atoms with Crippen molar-refractivity contribution in [3.63, 3.8) is 0 Å². The third-order valence-electron chi connectivity index (χ3n) is 4.18. The zero-order chi connectivity index (χ0) is 21.7. The smallest absolute Gasteiger partial charge is 0.413 e. The fraction of sp³-hybridized carbons (Fsp3) is 0.444. The van der Waals surface area contributed by atoms with Crippen molar-refractivity contribution < 1.29 is 38.1 Å². The number of rotatable bonds is 8. The first-order valence-corrected chi connectivity index (χ1v) is 8.71. The van der Waals surface area contributed by atoms with Gasteiger partial charge in [-0.05, 0) is 25.1 Å². The molecule has 3 unspecified atom stereocenters. The highest BCUT2D eigenvalue weighted by Crippen LogP contribution is 2.33. The van der Waals surface area contributed by atoms with Crippen LogP contribution >= 0.6 is 0 Å². The molecule has 29 heavy (non-hydrogen) atoms. The lowest BCUT2D eigenvalue weighted by Crippen LogP contribution is -2.43. The monoisotopic (exact) mass is 409 g/mol. The highest BCUT2D eigenvalue weighted by atomic mass is 16.7. The van der Waals surface area contributed by atoms with Crippen LogP contribution in [0.25, 0.3) is 0 Å². The molecular formula is C18H23N3O8. The molecule has 1 aliphatic heterocycles. The van der Waals surface area contributed by atoms with E-state index in [2.05, 4.69) is 0 Å². The predicted molar refractivity (Wildman–Crippen MR) is 97.9 cm³/mol. The van der Waals surface area contributed by atoms with Crippen molar-refractivity contribution >= 4 is 23.8 Å². The molecule has 0 saturated carbocycles. The molecule has 11 heteroatoms. The fourth-order valence-corrected chi connectivity index (χ4v) is 2.43. The predicted octanol–water partition coefficient (Wildman–Crippen LogP) is 0.147. The topological polar surface area (TPSA) is 160 Å². The van der Waals surface area contributed by atoms with E-state index in [1.54, 1.807) is 12.1 Å². The Kier molecular flexibility index (Phi) is 6.99. The van der Waals surface area contributed by atoms with Gasteiger partial charge in [0.2, 0.25) is 19.0 Å². The third-order valence-corrected chi connectivity index (χ3v) is 4.18. The number of hydrogen-bond acceptors (Lipinski definition) is 9. The molecule has 0 aliphatic carbocycles. The zero-order valence-corrected chi connectivity index (χ0v) is 16.2. The standard InChI is InChI=1S/C18H23N3O8/c1-9(16(23)11-4-5-13-14(6-11)27-8-26-13)21(3)18(25)29-10(2)28-17(24)12(19)7-15(20)22/h4-6,9-10,12H,7-8,19H2,1-3H3,(H2,20,22). The molecule has 0 spiro atoms. The Labute approximate surface area is 166 Å². The normalized spacial score (nSPS) is 15.0. The molecule has 1 aromatic rings. The van der Waals surface area contributed by atoms with Gasteiger partial charge in [0.25, 0.3) is 0 Å². The summed E-state index contributed by atoms with van der Waals surface area (Å²) in [5, 5.41) is 0. The van der Waals surface area contributed by atoms with Crippen LogP contribution in [0.4, 0.5) is 4.79 Å². The second kappa shape index (κ2) is 9.24. The fourth-order valence-electron chi connectivity index (χ4n) is 2.43. The van der Waals surface area contributed by atoms with Crippen LogP contribution in [0.3, 0.4) is 0 Å². The number of nitrogens with zero attached hydrogens (tertiary/aromatic N) is 1. The van der Waals surface area contributed by atoms with E-state index in [1.165, 1.54) is 27.0 Å². The average molecular weight is 409 g/mol. The minimum absolute atomic E-state index is 0.0778. The van der Waals surface area contributed by atoms with Gasteiger partial charge in [0.15, 0.2) is 17.3 Å². The number of primary amides is 1. The highest BCUT2D eigenvalue weighted by molar-refractivity contribution is 6.01. The lowest BCUT2D eigenvalue weighted by atomic mass is 10.0. The van der Waals surface area contributed by atoms with E-state index < -0.39 is 42.8 Å². The molecule has 0 aromatic heterocycles. The molecular weight excluding hydrogens is 386 g/mol. The maximum Gasteiger partial charge on any atom is 0.413 e. The van der Waals surface area contributed by atoms with Gasteiger partial charge in [-0.1, -0.05) is 0 Å². The van der Waals surface area contributed by atoms with Crippen LogP contribution in [0.2, 0.25) is 0 Å². The van der Waals surface area contributed by atoms with Crippen LogP contribution in [-0.2, 0) is 19.1 Å². The van der Waals surface area contributed by atoms with Crippen LogP contribution in [-0.4, -0.2) is 60.9 Å². The van der Waals surface area contributed by atoms with Crippen molar-refractivity contribution in [3.05, 3.63) is 23.8 Å². The third kappa shape index (κ3) is 5.57. The second-order valence-corrected chi connectivity index (χ2v) is 6.38. The quantitative estimate of drug-likeness (QED) is 0.346. The van der Waals surface area contributed by atoms with Gasteiger partial charge < -0.3 is 35.3 Å². The van der Waals surface area contributed by atoms with E-state index in [4.69, 9.17) is 30.4 Å². The van der Waals surface area contributed by atoms with E-state index in [1.807, 2.05) is 0 Å². The van der Waals surface area contributed by atoms with Gasteiger partial charge in [0, 0.05) is 19.5 Å². The largest absolute Gasteiger partial charge is 0.454 e. The minimum Gasteiger partial charge on any atom is -0.454 e. The number of ether oxygens (including phenoxy) is 4. The lowest BCUT2D eigenvalue weighted by molar-refractivity contribution is -0.168. The van der Waals surface area contributed by atoms with E-state index in [-0.39, 0.29) is 12.6 Å². The molecule has 1 aromatic carbocycles. The summed E-state index contributed by atoms with van der Waals surface area (Å²) >= 11 is 0. The van der Waals surface area contributed by atoms with Crippen molar-refractivity contribution in [1.82, 2.24) is 4.90 Å². The number of Topliss-reactive ketones (excluding diaryl/α,β-unsaturated/α-hetero) is 1. The molecule has 0 fully saturated rings. The minimum atomic E-state index is -1.29. The number of esters is 1. The van der Waals surface area contributed by atoms with Crippen LogP contribution < -0.4 is 20.9 Å². The Morgan fingerprint density at radius 1 is 1.14 bits per heavy atom. The number of carbonyl (C=O) groups is 4. The summed E-state index contributed by atoms with van der Waals surface area (Å²) in [6.07, 6.45) is -2.58. The van der Waals surface area contributed by atoms with Crippen molar-refractivity contribution in [2.45, 2.75) is 38.6 Å². The second-order valence-electron chi connectivity index (χ2n) is 6.38. The van der Waals surface area contributed by atoms with Crippen LogP contribution in [0.5, 0.6) is 11.5 Å². The van der Waals surface area contributed by atoms with E-state index in [0.717, 1.165) is 4.90 Å². The first-order valence-electron chi connectivity index (χ1n) is 8.71. The maximum atomic E-state index is 12.7. The molecule has 4 N–H and O–H groups in total. The molecule has 0 bridgehead atoms. The van der Waals surface area contributed by atoms with Gasteiger partial charge in [0.05, 0.1) is 12.5 Å². The van der Waals surface area contributed by atoms with Crippen LogP contribution in [0, 0.1) is 0 Å². The molecule has 2 amide bonds. The van der Waals surface area contributed by atoms with E-state index in [0.29, 0.717) is 17.1 Å². The summed E-state index contributed by atoms with van der Waals surface area (Å²) in [6.45, 7) is 2.90. The molecule has 3 atom stereocenters. The molecule has 11 nitrogen and oxygen atoms in total. The molecule has 1 heterocycles. The Hall–Kier alpha value is -3.34. The Bertz CT molecular complexity index is 812. The van der Waals surface area contributed by atoms with Gasteiger partial charge >= 0.3 is 12.1 Å².